The van der Waals surface area contributed by atoms with Gasteiger partial charge in [-0.25, -0.2) is 12.2 Å². The minimum atomic E-state index is 0. The topological polar surface area (TPSA) is 0 Å². The second-order valence-electron chi connectivity index (χ2n) is 17.5. The van der Waals surface area contributed by atoms with E-state index in [1.54, 1.807) is 0 Å². The number of halogens is 4. The Balaban J connectivity index is 0.000000265. The number of hydrogen-bond acceptors (Lipinski definition) is 0. The summed E-state index contributed by atoms with van der Waals surface area (Å²) >= 11 is 13.2. The molecule has 0 aliphatic heterocycles. The first kappa shape index (κ1) is 49.2. The van der Waals surface area contributed by atoms with E-state index in [-0.39, 0.29) is 35.6 Å². The SMILES string of the molecule is Cc1ccccc1-c1cc2[cH-]c3cc(-c4ccccc4C)c(C(C)(C)C)cc3c2cc1C(C)(C)C.Cl.Cl.Clc1ccc(C[C](=[Zr+2])Cc2ccc(Cl)cc2)cc1.[C-]1=CC=CC1. The Morgan fingerprint density at radius 1 is 0.583 bits per heavy atom. The van der Waals surface area contributed by atoms with Crippen LogP contribution in [0.1, 0.15) is 81.3 Å². The normalized spacial score (nSPS) is 11.9. The molecule has 7 aromatic carbocycles. The van der Waals surface area contributed by atoms with Crippen LogP contribution in [0.25, 0.3) is 43.8 Å². The Morgan fingerprint density at radius 2 is 0.983 bits per heavy atom. The zero-order valence-electron chi connectivity index (χ0n) is 36.1. The number of aryl methyl sites for hydroxylation is 2. The van der Waals surface area contributed by atoms with Crippen LogP contribution < -0.4 is 0 Å². The fourth-order valence-electron chi connectivity index (χ4n) is 7.64. The Bertz CT molecular complexity index is 2420. The summed E-state index contributed by atoms with van der Waals surface area (Å²) in [6.07, 6.45) is 12.1. The molecule has 8 rings (SSSR count). The van der Waals surface area contributed by atoms with Crippen LogP contribution >= 0.6 is 48.0 Å². The average Bonchev–Trinajstić information content (AvgIpc) is 3.88. The molecule has 1 aliphatic carbocycles. The van der Waals surface area contributed by atoms with Gasteiger partial charge in [0.05, 0.1) is 0 Å². The summed E-state index contributed by atoms with van der Waals surface area (Å²) in [4.78, 5) is 0. The maximum atomic E-state index is 5.88. The average molecular weight is 950 g/mol. The maximum Gasteiger partial charge on any atom is -0.109 e. The molecule has 0 heterocycles. The van der Waals surface area contributed by atoms with Crippen molar-refractivity contribution >= 4 is 72.8 Å². The summed E-state index contributed by atoms with van der Waals surface area (Å²) in [5.74, 6) is 0. The minimum absolute atomic E-state index is 0. The summed E-state index contributed by atoms with van der Waals surface area (Å²) in [7, 11) is 0. The third kappa shape index (κ3) is 12.6. The van der Waals surface area contributed by atoms with Crippen LogP contribution in [0.15, 0.2) is 146 Å². The van der Waals surface area contributed by atoms with Crippen molar-refractivity contribution in [2.45, 2.75) is 85.5 Å². The van der Waals surface area contributed by atoms with Gasteiger partial charge in [0.25, 0.3) is 0 Å². The van der Waals surface area contributed by atoms with Gasteiger partial charge < -0.3 is 0 Å². The molecule has 0 atom stereocenters. The molecule has 0 unspecified atom stereocenters. The molecule has 0 aromatic heterocycles. The van der Waals surface area contributed by atoms with Gasteiger partial charge in [-0.15, -0.1) is 71.0 Å². The van der Waals surface area contributed by atoms with E-state index in [0.717, 1.165) is 29.3 Å². The molecule has 0 saturated carbocycles. The standard InChI is InChI=1S/C35H37.C15H12Cl2.C5H5.2ClH.Zr/c1-22-13-9-11-15-26(22)30-18-24-17-25-19-31(27-16-12-10-14-23(27)2)33(35(6,7)8)21-29(25)28(24)20-32(30)34(3,4)5;16-14-8-4-12(5-9-14)2-1-3-13-6-10-15(17)11-7-13;1-2-4-5-3-1;;;/h9-21H,1-8H3;4-11H,2-3H2;1-3H,4H2;2*1H;/q-1;;-1;;;+2. The predicted molar refractivity (Wildman–Crippen MR) is 266 cm³/mol. The number of benzene rings is 6. The van der Waals surface area contributed by atoms with E-state index in [9.17, 15) is 0 Å². The molecule has 308 valence electrons. The van der Waals surface area contributed by atoms with Gasteiger partial charge in [-0.1, -0.05) is 102 Å². The van der Waals surface area contributed by atoms with Gasteiger partial charge in [0, 0.05) is 0 Å². The van der Waals surface area contributed by atoms with Crippen LogP contribution in [0, 0.1) is 19.9 Å². The first-order chi connectivity index (χ1) is 27.6. The van der Waals surface area contributed by atoms with Gasteiger partial charge in [-0.2, -0.15) is 6.08 Å². The molecule has 1 aliphatic rings. The molecule has 0 N–H and O–H groups in total. The zero-order chi connectivity index (χ0) is 41.6. The second kappa shape index (κ2) is 21.6. The molecular weight excluding hydrogens is 894 g/mol. The minimum Gasteiger partial charge on any atom is -0.273 e. The fourth-order valence-corrected chi connectivity index (χ4v) is 8.90. The molecule has 0 radical (unpaired) electrons. The van der Waals surface area contributed by atoms with Crippen molar-refractivity contribution < 1.29 is 24.2 Å². The molecule has 0 nitrogen and oxygen atoms in total. The van der Waals surface area contributed by atoms with Gasteiger partial charge in [-0.05, 0) is 69.2 Å². The van der Waals surface area contributed by atoms with Crippen LogP contribution in [0.5, 0.6) is 0 Å². The van der Waals surface area contributed by atoms with Crippen molar-refractivity contribution in [2.24, 2.45) is 0 Å². The van der Waals surface area contributed by atoms with E-state index < -0.39 is 0 Å². The predicted octanol–water partition coefficient (Wildman–Crippen LogP) is 16.9. The van der Waals surface area contributed by atoms with Crippen LogP contribution in [0.4, 0.5) is 0 Å². The summed E-state index contributed by atoms with van der Waals surface area (Å²) < 4.78 is 1.52. The van der Waals surface area contributed by atoms with E-state index in [0.29, 0.717) is 0 Å². The third-order valence-corrected chi connectivity index (χ3v) is 12.1. The Kier molecular flexibility index (Phi) is 17.7. The largest absolute Gasteiger partial charge is 0.273 e. The van der Waals surface area contributed by atoms with Crippen molar-refractivity contribution in [2.75, 3.05) is 0 Å². The second-order valence-corrected chi connectivity index (χ2v) is 20.1. The molecule has 7 aromatic rings. The molecular formula is C55H56Cl4Zr. The van der Waals surface area contributed by atoms with Crippen LogP contribution in [-0.4, -0.2) is 3.21 Å². The zero-order valence-corrected chi connectivity index (χ0v) is 41.7. The van der Waals surface area contributed by atoms with E-state index in [1.807, 2.05) is 36.4 Å². The van der Waals surface area contributed by atoms with Gasteiger partial charge in [0.2, 0.25) is 0 Å². The van der Waals surface area contributed by atoms with E-state index in [4.69, 9.17) is 23.2 Å². The molecule has 0 fully saturated rings. The Hall–Kier alpha value is -3.42. The quantitative estimate of drug-likeness (QED) is 0.146. The fraction of sp³-hybridized carbons (Fsp3) is 0.236. The number of hydrogen-bond donors (Lipinski definition) is 0. The van der Waals surface area contributed by atoms with Crippen molar-refractivity contribution in [3.8, 4) is 22.3 Å². The van der Waals surface area contributed by atoms with Gasteiger partial charge in [0.15, 0.2) is 0 Å². The molecule has 0 bridgehead atoms. The summed E-state index contributed by atoms with van der Waals surface area (Å²) in [6.45, 7) is 18.4. The Morgan fingerprint density at radius 3 is 1.30 bits per heavy atom. The van der Waals surface area contributed by atoms with E-state index in [1.165, 1.54) is 105 Å². The molecule has 60 heavy (non-hydrogen) atoms. The molecule has 0 saturated heterocycles. The van der Waals surface area contributed by atoms with Crippen LogP contribution in [0.2, 0.25) is 10.0 Å². The maximum absolute atomic E-state index is 5.88. The number of allylic oxidation sites excluding steroid dienone is 4. The van der Waals surface area contributed by atoms with E-state index >= 15 is 0 Å². The van der Waals surface area contributed by atoms with Gasteiger partial charge >= 0.3 is 133 Å². The van der Waals surface area contributed by atoms with Crippen LogP contribution in [-0.2, 0) is 47.9 Å². The van der Waals surface area contributed by atoms with Gasteiger partial charge in [-0.3, -0.25) is 6.08 Å². The van der Waals surface area contributed by atoms with Gasteiger partial charge in [0.1, 0.15) is 0 Å². The van der Waals surface area contributed by atoms with Crippen LogP contribution in [0.3, 0.4) is 0 Å². The van der Waals surface area contributed by atoms with Crippen molar-refractivity contribution in [1.82, 2.24) is 0 Å². The summed E-state index contributed by atoms with van der Waals surface area (Å²) in [5.41, 5.74) is 13.6. The third-order valence-electron chi connectivity index (χ3n) is 10.7. The van der Waals surface area contributed by atoms with Crippen molar-refractivity contribution in [3.63, 3.8) is 0 Å². The smallest absolute Gasteiger partial charge is 0.109 e. The summed E-state index contributed by atoms with van der Waals surface area (Å²) in [6, 6.07) is 45.9. The molecule has 5 heteroatoms. The first-order valence-electron chi connectivity index (χ1n) is 20.2. The van der Waals surface area contributed by atoms with Crippen molar-refractivity contribution in [3.05, 3.63) is 195 Å². The first-order valence-corrected chi connectivity index (χ1v) is 22.2. The monoisotopic (exact) mass is 946 g/mol. The van der Waals surface area contributed by atoms with Crippen molar-refractivity contribution in [1.29, 1.82) is 0 Å². The van der Waals surface area contributed by atoms with E-state index in [2.05, 4.69) is 171 Å². The number of rotatable bonds is 6. The Labute approximate surface area is 396 Å². The molecule has 0 amide bonds. The number of fused-ring (bicyclic) bond motifs is 3. The molecule has 0 spiro atoms. The summed E-state index contributed by atoms with van der Waals surface area (Å²) in [5, 5.41) is 6.97.